The fourth-order valence-electron chi connectivity index (χ4n) is 2.55. The molecule has 9 heteroatoms. The number of nitrogens with two attached hydrogens (primary N) is 1. The van der Waals surface area contributed by atoms with Crippen molar-refractivity contribution in [2.24, 2.45) is 5.92 Å². The zero-order valence-corrected chi connectivity index (χ0v) is 13.9. The van der Waals surface area contributed by atoms with Crippen LogP contribution >= 0.6 is 0 Å². The molecule has 0 saturated heterocycles. The molecule has 0 amide bonds. The van der Waals surface area contributed by atoms with Gasteiger partial charge < -0.3 is 26.2 Å². The maximum absolute atomic E-state index is 10.2. The molecule has 1 unspecified atom stereocenters. The predicted molar refractivity (Wildman–Crippen MR) is 87.5 cm³/mol. The number of rotatable bonds is 4. The van der Waals surface area contributed by atoms with Crippen LogP contribution in [-0.2, 0) is 0 Å². The maximum atomic E-state index is 10.2. The fourth-order valence-corrected chi connectivity index (χ4v) is 2.55. The van der Waals surface area contributed by atoms with Gasteiger partial charge in [0.1, 0.15) is 18.1 Å². The van der Waals surface area contributed by atoms with Gasteiger partial charge in [0.15, 0.2) is 17.3 Å². The smallest absolute Gasteiger partial charge is 0.167 e. The Morgan fingerprint density at radius 2 is 1.92 bits per heavy atom. The van der Waals surface area contributed by atoms with Gasteiger partial charge in [0, 0.05) is 0 Å². The Morgan fingerprint density at radius 3 is 2.50 bits per heavy atom. The number of aromatic nitrogens is 4. The van der Waals surface area contributed by atoms with Gasteiger partial charge >= 0.3 is 0 Å². The molecule has 2 heterocycles. The third-order valence-corrected chi connectivity index (χ3v) is 3.75. The molecule has 1 aliphatic carbocycles. The van der Waals surface area contributed by atoms with E-state index in [1.54, 1.807) is 4.57 Å². The van der Waals surface area contributed by atoms with Crippen LogP contribution in [0.3, 0.4) is 0 Å². The molecule has 134 valence electrons. The molecule has 9 nitrogen and oxygen atoms in total. The Hall–Kier alpha value is -1.81. The standard InChI is InChI=1S/C12H17N5O2.C3H8O2/c13-11-10-12(15-5-14-11)17(6-16-10)9(19)2-1-7-3-8(18)4-7;1-3(2,4)5/h5-9,18-19H,1-4H2,(H2,13,14,15);4-5H,1-2H3. The molecule has 1 aliphatic rings. The maximum Gasteiger partial charge on any atom is 0.167 e. The molecule has 0 aromatic carbocycles. The van der Waals surface area contributed by atoms with Crippen molar-refractivity contribution in [3.05, 3.63) is 12.7 Å². The van der Waals surface area contributed by atoms with Gasteiger partial charge in [-0.25, -0.2) is 15.0 Å². The Kier molecular flexibility index (Phi) is 5.70. The normalized spacial score (nSPS) is 21.8. The van der Waals surface area contributed by atoms with Gasteiger partial charge in [-0.1, -0.05) is 0 Å². The van der Waals surface area contributed by atoms with Gasteiger partial charge in [-0.2, -0.15) is 0 Å². The second kappa shape index (κ2) is 7.39. The Morgan fingerprint density at radius 1 is 1.29 bits per heavy atom. The van der Waals surface area contributed by atoms with E-state index in [4.69, 9.17) is 15.9 Å². The third kappa shape index (κ3) is 5.10. The van der Waals surface area contributed by atoms with Crippen LogP contribution in [0.15, 0.2) is 12.7 Å². The number of aliphatic hydroxyl groups is 4. The van der Waals surface area contributed by atoms with E-state index in [1.807, 2.05) is 0 Å². The van der Waals surface area contributed by atoms with E-state index in [-0.39, 0.29) is 6.10 Å². The highest BCUT2D eigenvalue weighted by molar-refractivity contribution is 5.81. The molecule has 1 saturated carbocycles. The summed E-state index contributed by atoms with van der Waals surface area (Å²) in [6, 6.07) is 0. The van der Waals surface area contributed by atoms with Crippen LogP contribution in [0.1, 0.15) is 45.8 Å². The zero-order chi connectivity index (χ0) is 17.9. The van der Waals surface area contributed by atoms with Crippen LogP contribution in [0.2, 0.25) is 0 Å². The second-order valence-corrected chi connectivity index (χ2v) is 6.63. The van der Waals surface area contributed by atoms with Crippen LogP contribution < -0.4 is 5.73 Å². The quantitative estimate of drug-likeness (QED) is 0.494. The number of hydrogen-bond acceptors (Lipinski definition) is 8. The number of fused-ring (bicyclic) bond motifs is 1. The fraction of sp³-hybridized carbons (Fsp3) is 0.667. The van der Waals surface area contributed by atoms with Crippen LogP contribution in [0.4, 0.5) is 5.82 Å². The molecule has 0 aliphatic heterocycles. The first-order chi connectivity index (χ1) is 11.1. The Balaban J connectivity index is 0.000000368. The summed E-state index contributed by atoms with van der Waals surface area (Å²) in [6.07, 6.45) is 5.27. The van der Waals surface area contributed by atoms with E-state index in [2.05, 4.69) is 15.0 Å². The van der Waals surface area contributed by atoms with Crippen molar-refractivity contribution >= 4 is 17.0 Å². The Bertz CT molecular complexity index is 657. The highest BCUT2D eigenvalue weighted by Crippen LogP contribution is 2.33. The summed E-state index contributed by atoms with van der Waals surface area (Å²) in [6.45, 7) is 2.60. The van der Waals surface area contributed by atoms with Crippen molar-refractivity contribution in [1.29, 1.82) is 0 Å². The number of imidazole rings is 1. The molecule has 0 bridgehead atoms. The highest BCUT2D eigenvalue weighted by atomic mass is 16.5. The van der Waals surface area contributed by atoms with Crippen LogP contribution in [0.5, 0.6) is 0 Å². The second-order valence-electron chi connectivity index (χ2n) is 6.63. The summed E-state index contributed by atoms with van der Waals surface area (Å²) in [5.41, 5.74) is 6.77. The molecular formula is C15H25N5O4. The minimum atomic E-state index is -1.50. The van der Waals surface area contributed by atoms with E-state index < -0.39 is 12.0 Å². The topological polar surface area (TPSA) is 151 Å². The van der Waals surface area contributed by atoms with Crippen molar-refractivity contribution in [2.45, 2.75) is 57.6 Å². The van der Waals surface area contributed by atoms with E-state index >= 15 is 0 Å². The first kappa shape index (κ1) is 18.5. The van der Waals surface area contributed by atoms with Crippen molar-refractivity contribution in [2.75, 3.05) is 5.73 Å². The molecule has 0 spiro atoms. The summed E-state index contributed by atoms with van der Waals surface area (Å²) in [7, 11) is 0. The predicted octanol–water partition coefficient (Wildman–Crippen LogP) is 0.158. The van der Waals surface area contributed by atoms with E-state index in [1.165, 1.54) is 26.5 Å². The van der Waals surface area contributed by atoms with E-state index in [0.29, 0.717) is 29.3 Å². The first-order valence-corrected chi connectivity index (χ1v) is 7.89. The monoisotopic (exact) mass is 339 g/mol. The molecular weight excluding hydrogens is 314 g/mol. The average molecular weight is 339 g/mol. The molecule has 2 aromatic heterocycles. The minimum Gasteiger partial charge on any atom is -0.393 e. The lowest BCUT2D eigenvalue weighted by Crippen LogP contribution is -2.28. The summed E-state index contributed by atoms with van der Waals surface area (Å²) in [5, 5.41) is 35.6. The SMILES string of the molecule is CC(C)(O)O.Nc1ncnc2c1ncn2C(O)CCC1CC(O)C1. The number of hydrogen-bond donors (Lipinski definition) is 5. The largest absolute Gasteiger partial charge is 0.393 e. The van der Waals surface area contributed by atoms with Crippen molar-refractivity contribution in [1.82, 2.24) is 19.5 Å². The molecule has 2 aromatic rings. The van der Waals surface area contributed by atoms with Crippen molar-refractivity contribution < 1.29 is 20.4 Å². The lowest BCUT2D eigenvalue weighted by atomic mass is 9.79. The average Bonchev–Trinajstić information content (AvgIpc) is 2.85. The Labute approximate surface area is 139 Å². The lowest BCUT2D eigenvalue weighted by Gasteiger charge is -2.31. The summed E-state index contributed by atoms with van der Waals surface area (Å²) >= 11 is 0. The van der Waals surface area contributed by atoms with Gasteiger partial charge in [-0.15, -0.1) is 0 Å². The van der Waals surface area contributed by atoms with Crippen molar-refractivity contribution in [3.8, 4) is 0 Å². The summed E-state index contributed by atoms with van der Waals surface area (Å²) in [4.78, 5) is 12.1. The number of aliphatic hydroxyl groups excluding tert-OH is 2. The van der Waals surface area contributed by atoms with Gasteiger partial charge in [0.25, 0.3) is 0 Å². The summed E-state index contributed by atoms with van der Waals surface area (Å²) in [5.74, 6) is -0.669. The summed E-state index contributed by atoms with van der Waals surface area (Å²) < 4.78 is 1.61. The van der Waals surface area contributed by atoms with Crippen molar-refractivity contribution in [3.63, 3.8) is 0 Å². The van der Waals surface area contributed by atoms with Crippen LogP contribution in [0, 0.1) is 5.92 Å². The van der Waals surface area contributed by atoms with Gasteiger partial charge in [0.05, 0.1) is 12.4 Å². The van der Waals surface area contributed by atoms with Gasteiger partial charge in [0.2, 0.25) is 0 Å². The molecule has 3 rings (SSSR count). The number of anilines is 1. The highest BCUT2D eigenvalue weighted by Gasteiger charge is 2.27. The molecule has 24 heavy (non-hydrogen) atoms. The van der Waals surface area contributed by atoms with Crippen LogP contribution in [-0.4, -0.2) is 51.8 Å². The first-order valence-electron chi connectivity index (χ1n) is 7.89. The molecule has 1 atom stereocenters. The van der Waals surface area contributed by atoms with Crippen LogP contribution in [0.25, 0.3) is 11.2 Å². The van der Waals surface area contributed by atoms with Gasteiger partial charge in [-0.3, -0.25) is 4.57 Å². The van der Waals surface area contributed by atoms with Gasteiger partial charge in [-0.05, 0) is 45.4 Å². The third-order valence-electron chi connectivity index (χ3n) is 3.75. The zero-order valence-electron chi connectivity index (χ0n) is 13.9. The number of nitrogen functional groups attached to an aromatic ring is 1. The lowest BCUT2D eigenvalue weighted by molar-refractivity contribution is -0.127. The molecule has 0 radical (unpaired) electrons. The molecule has 1 fully saturated rings. The molecule has 6 N–H and O–H groups in total. The van der Waals surface area contributed by atoms with E-state index in [9.17, 15) is 10.2 Å². The van der Waals surface area contributed by atoms with E-state index in [0.717, 1.165) is 19.3 Å². The number of nitrogens with zero attached hydrogens (tertiary/aromatic N) is 4. The minimum absolute atomic E-state index is 0.149.